The molecule has 0 fully saturated rings. The third-order valence-corrected chi connectivity index (χ3v) is 2.60. The molecule has 0 atom stereocenters. The number of oxime groups is 1. The predicted octanol–water partition coefficient (Wildman–Crippen LogP) is 2.10. The summed E-state index contributed by atoms with van der Waals surface area (Å²) in [5.74, 6) is 1.43. The molecule has 1 N–H and O–H groups in total. The lowest BCUT2D eigenvalue weighted by Gasteiger charge is -2.09. The first-order valence-electron chi connectivity index (χ1n) is 4.91. The molecular weight excluding hydrogens is 206 g/mol. The fraction of sp³-hybridized carbons (Fsp3) is 0.250. The van der Waals surface area contributed by atoms with E-state index in [0.717, 1.165) is 28.9 Å². The van der Waals surface area contributed by atoms with Gasteiger partial charge in [-0.05, 0) is 41.3 Å². The van der Waals surface area contributed by atoms with Crippen LogP contribution < -0.4 is 9.47 Å². The van der Waals surface area contributed by atoms with E-state index in [-0.39, 0.29) is 0 Å². The van der Waals surface area contributed by atoms with E-state index >= 15 is 0 Å². The van der Waals surface area contributed by atoms with Gasteiger partial charge in [-0.15, -0.1) is 0 Å². The highest BCUT2D eigenvalue weighted by Gasteiger charge is 2.15. The van der Waals surface area contributed by atoms with Gasteiger partial charge in [0.15, 0.2) is 11.5 Å². The molecule has 0 heterocycles. The molecule has 2 rings (SSSR count). The summed E-state index contributed by atoms with van der Waals surface area (Å²) in [6.07, 6.45) is 4.16. The third-order valence-electron chi connectivity index (χ3n) is 2.60. The molecule has 1 aliphatic carbocycles. The highest BCUT2D eigenvalue weighted by molar-refractivity contribution is 5.89. The van der Waals surface area contributed by atoms with Crippen LogP contribution in [0.15, 0.2) is 22.9 Å². The molecular formula is C12H13NO3. The van der Waals surface area contributed by atoms with Crippen LogP contribution in [0.1, 0.15) is 11.1 Å². The van der Waals surface area contributed by atoms with Crippen molar-refractivity contribution in [3.05, 3.63) is 28.8 Å². The highest BCUT2D eigenvalue weighted by atomic mass is 16.5. The Bertz CT molecular complexity index is 464. The second kappa shape index (κ2) is 4.26. The number of allylic oxidation sites excluding steroid dienone is 1. The first kappa shape index (κ1) is 10.5. The SMILES string of the molecule is COc1cc2c(cc1OC)CC(/C=N/O)=C2. The van der Waals surface area contributed by atoms with E-state index in [4.69, 9.17) is 14.7 Å². The zero-order chi connectivity index (χ0) is 11.5. The summed E-state index contributed by atoms with van der Waals surface area (Å²) < 4.78 is 10.4. The van der Waals surface area contributed by atoms with Crippen molar-refractivity contribution >= 4 is 12.3 Å². The molecule has 4 heteroatoms. The zero-order valence-electron chi connectivity index (χ0n) is 9.23. The number of hydrogen-bond donors (Lipinski definition) is 1. The topological polar surface area (TPSA) is 51.0 Å². The molecule has 0 unspecified atom stereocenters. The molecule has 84 valence electrons. The second-order valence-corrected chi connectivity index (χ2v) is 3.55. The lowest BCUT2D eigenvalue weighted by Crippen LogP contribution is -1.93. The van der Waals surface area contributed by atoms with Gasteiger partial charge in [0.25, 0.3) is 0 Å². The predicted molar refractivity (Wildman–Crippen MR) is 61.5 cm³/mol. The minimum absolute atomic E-state index is 0.708. The number of methoxy groups -OCH3 is 2. The van der Waals surface area contributed by atoms with Gasteiger partial charge in [0.2, 0.25) is 0 Å². The molecule has 0 aliphatic heterocycles. The molecule has 16 heavy (non-hydrogen) atoms. The Morgan fingerprint density at radius 3 is 2.56 bits per heavy atom. The number of rotatable bonds is 3. The van der Waals surface area contributed by atoms with Gasteiger partial charge in [0.1, 0.15) is 0 Å². The van der Waals surface area contributed by atoms with Crippen LogP contribution in [-0.4, -0.2) is 25.6 Å². The summed E-state index contributed by atoms with van der Waals surface area (Å²) >= 11 is 0. The maximum Gasteiger partial charge on any atom is 0.161 e. The minimum Gasteiger partial charge on any atom is -0.493 e. The van der Waals surface area contributed by atoms with Gasteiger partial charge < -0.3 is 14.7 Å². The molecule has 0 saturated carbocycles. The quantitative estimate of drug-likeness (QED) is 0.481. The number of benzene rings is 1. The largest absolute Gasteiger partial charge is 0.493 e. The molecule has 0 radical (unpaired) electrons. The third kappa shape index (κ3) is 1.74. The van der Waals surface area contributed by atoms with Gasteiger partial charge in [-0.1, -0.05) is 5.16 Å². The van der Waals surface area contributed by atoms with Crippen molar-refractivity contribution in [3.63, 3.8) is 0 Å². The number of nitrogens with zero attached hydrogens (tertiary/aromatic N) is 1. The molecule has 1 aromatic carbocycles. The second-order valence-electron chi connectivity index (χ2n) is 3.55. The molecule has 1 aromatic rings. The van der Waals surface area contributed by atoms with Crippen LogP contribution in [0.4, 0.5) is 0 Å². The Kier molecular flexibility index (Phi) is 2.81. The maximum absolute atomic E-state index is 8.49. The van der Waals surface area contributed by atoms with Crippen molar-refractivity contribution in [2.24, 2.45) is 5.16 Å². The van der Waals surface area contributed by atoms with Crippen molar-refractivity contribution in [2.45, 2.75) is 6.42 Å². The van der Waals surface area contributed by atoms with E-state index in [2.05, 4.69) is 5.16 Å². The van der Waals surface area contributed by atoms with E-state index in [1.165, 1.54) is 6.21 Å². The summed E-state index contributed by atoms with van der Waals surface area (Å²) in [7, 11) is 3.22. The summed E-state index contributed by atoms with van der Waals surface area (Å²) in [4.78, 5) is 0. The molecule has 0 saturated heterocycles. The Labute approximate surface area is 93.8 Å². The smallest absolute Gasteiger partial charge is 0.161 e. The molecule has 0 bridgehead atoms. The van der Waals surface area contributed by atoms with E-state index < -0.39 is 0 Å². The lowest BCUT2D eigenvalue weighted by atomic mass is 10.1. The lowest BCUT2D eigenvalue weighted by molar-refractivity contribution is 0.321. The maximum atomic E-state index is 8.49. The Hall–Kier alpha value is -1.97. The van der Waals surface area contributed by atoms with Gasteiger partial charge in [-0.25, -0.2) is 0 Å². The van der Waals surface area contributed by atoms with Gasteiger partial charge in [0, 0.05) is 0 Å². The van der Waals surface area contributed by atoms with Gasteiger partial charge in [-0.2, -0.15) is 0 Å². The normalized spacial score (nSPS) is 13.8. The minimum atomic E-state index is 0.708. The number of hydrogen-bond acceptors (Lipinski definition) is 4. The van der Waals surface area contributed by atoms with Crippen LogP contribution in [0.25, 0.3) is 6.08 Å². The summed E-state index contributed by atoms with van der Waals surface area (Å²) in [5, 5.41) is 11.5. The fourth-order valence-electron chi connectivity index (χ4n) is 1.85. The van der Waals surface area contributed by atoms with E-state index in [1.54, 1.807) is 14.2 Å². The van der Waals surface area contributed by atoms with Gasteiger partial charge in [0.05, 0.1) is 20.4 Å². The van der Waals surface area contributed by atoms with E-state index in [9.17, 15) is 0 Å². The van der Waals surface area contributed by atoms with E-state index in [0.29, 0.717) is 5.75 Å². The first-order chi connectivity index (χ1) is 7.78. The van der Waals surface area contributed by atoms with Crippen molar-refractivity contribution in [2.75, 3.05) is 14.2 Å². The van der Waals surface area contributed by atoms with Crippen molar-refractivity contribution in [3.8, 4) is 11.5 Å². The highest BCUT2D eigenvalue weighted by Crippen LogP contribution is 2.35. The van der Waals surface area contributed by atoms with Crippen LogP contribution in [0.3, 0.4) is 0 Å². The van der Waals surface area contributed by atoms with Crippen molar-refractivity contribution < 1.29 is 14.7 Å². The first-order valence-corrected chi connectivity index (χ1v) is 4.91. The standard InChI is InChI=1S/C12H13NO3/c1-15-11-5-9-3-8(7-13-14)4-10(9)6-12(11)16-2/h3,5-7,14H,4H2,1-2H3/b13-7+. The molecule has 0 amide bonds. The molecule has 0 spiro atoms. The zero-order valence-corrected chi connectivity index (χ0v) is 9.23. The van der Waals surface area contributed by atoms with Crippen LogP contribution >= 0.6 is 0 Å². The van der Waals surface area contributed by atoms with Crippen molar-refractivity contribution in [1.82, 2.24) is 0 Å². The fourth-order valence-corrected chi connectivity index (χ4v) is 1.85. The number of fused-ring (bicyclic) bond motifs is 1. The number of ether oxygens (including phenoxy) is 2. The van der Waals surface area contributed by atoms with Crippen LogP contribution in [0.5, 0.6) is 11.5 Å². The summed E-state index contributed by atoms with van der Waals surface area (Å²) in [6.45, 7) is 0. The Morgan fingerprint density at radius 2 is 1.94 bits per heavy atom. The molecule has 1 aliphatic rings. The van der Waals surface area contributed by atoms with Crippen molar-refractivity contribution in [1.29, 1.82) is 0 Å². The van der Waals surface area contributed by atoms with Crippen LogP contribution in [-0.2, 0) is 6.42 Å². The Morgan fingerprint density at radius 1 is 1.25 bits per heavy atom. The monoisotopic (exact) mass is 219 g/mol. The average molecular weight is 219 g/mol. The Balaban J connectivity index is 2.40. The summed E-state index contributed by atoms with van der Waals surface area (Å²) in [6, 6.07) is 3.87. The molecule has 4 nitrogen and oxygen atoms in total. The van der Waals surface area contributed by atoms with E-state index in [1.807, 2.05) is 18.2 Å². The van der Waals surface area contributed by atoms with Crippen LogP contribution in [0.2, 0.25) is 0 Å². The van der Waals surface area contributed by atoms with Gasteiger partial charge in [-0.3, -0.25) is 0 Å². The van der Waals surface area contributed by atoms with Gasteiger partial charge >= 0.3 is 0 Å². The van der Waals surface area contributed by atoms with Crippen LogP contribution in [0, 0.1) is 0 Å². The summed E-state index contributed by atoms with van der Waals surface area (Å²) in [5.41, 5.74) is 3.19. The average Bonchev–Trinajstić information content (AvgIpc) is 2.68. The molecule has 0 aromatic heterocycles.